The van der Waals surface area contributed by atoms with Crippen LogP contribution in [-0.4, -0.2) is 29.3 Å². The van der Waals surface area contributed by atoms with E-state index >= 15 is 0 Å². The summed E-state index contributed by atoms with van der Waals surface area (Å²) in [6.45, 7) is 9.07. The highest BCUT2D eigenvalue weighted by Crippen LogP contribution is 2.28. The fourth-order valence-corrected chi connectivity index (χ4v) is 3.69. The van der Waals surface area contributed by atoms with Crippen LogP contribution >= 0.6 is 0 Å². The Morgan fingerprint density at radius 2 is 1.91 bits per heavy atom. The van der Waals surface area contributed by atoms with E-state index in [9.17, 15) is 4.39 Å². The van der Waals surface area contributed by atoms with Crippen molar-refractivity contribution < 1.29 is 13.9 Å². The molecule has 3 rings (SSSR count). The van der Waals surface area contributed by atoms with Crippen molar-refractivity contribution in [2.45, 2.75) is 58.5 Å². The Morgan fingerprint density at radius 3 is 2.71 bits per heavy atom. The van der Waals surface area contributed by atoms with Gasteiger partial charge in [-0.15, -0.1) is 0 Å². The molecule has 0 radical (unpaired) electrons. The van der Waals surface area contributed by atoms with Gasteiger partial charge in [0.2, 0.25) is 0 Å². The van der Waals surface area contributed by atoms with Crippen LogP contribution in [0.25, 0.3) is 28.1 Å². The molecule has 0 spiro atoms. The fraction of sp³-hybridized carbons (Fsp3) is 0.379. The van der Waals surface area contributed by atoms with Crippen molar-refractivity contribution in [1.29, 1.82) is 0 Å². The third-order valence-corrected chi connectivity index (χ3v) is 5.62. The largest absolute Gasteiger partial charge is 0.486 e. The molecule has 0 aliphatic rings. The molecule has 0 N–H and O–H groups in total. The highest BCUT2D eigenvalue weighted by atomic mass is 19.1. The molecule has 1 atom stereocenters. The van der Waals surface area contributed by atoms with Gasteiger partial charge < -0.3 is 9.47 Å². The maximum absolute atomic E-state index is 14.3. The Morgan fingerprint density at radius 1 is 1.09 bits per heavy atom. The lowest BCUT2D eigenvalue weighted by atomic mass is 10.0. The monoisotopic (exact) mass is 462 g/mol. The van der Waals surface area contributed by atoms with Gasteiger partial charge in [-0.3, -0.25) is 0 Å². The molecule has 4 nitrogen and oxygen atoms in total. The van der Waals surface area contributed by atoms with Gasteiger partial charge in [-0.05, 0) is 74.1 Å². The van der Waals surface area contributed by atoms with E-state index < -0.39 is 5.82 Å². The normalized spacial score (nSPS) is 12.3. The number of benzene rings is 2. The molecule has 0 bridgehead atoms. The summed E-state index contributed by atoms with van der Waals surface area (Å²) in [5.74, 6) is 0.519. The summed E-state index contributed by atoms with van der Waals surface area (Å²) in [4.78, 5) is 9.11. The van der Waals surface area contributed by atoms with Crippen LogP contribution in [0.5, 0.6) is 5.75 Å². The van der Waals surface area contributed by atoms with Gasteiger partial charge in [0, 0.05) is 18.2 Å². The van der Waals surface area contributed by atoms with E-state index in [1.165, 1.54) is 18.9 Å². The molecule has 1 unspecified atom stereocenters. The predicted octanol–water partition coefficient (Wildman–Crippen LogP) is 7.78. The van der Waals surface area contributed by atoms with Crippen molar-refractivity contribution in [2.24, 2.45) is 0 Å². The minimum absolute atomic E-state index is 0.221. The molecule has 1 heterocycles. The number of unbranched alkanes of at least 4 members (excludes halogenated alkanes) is 3. The van der Waals surface area contributed by atoms with E-state index in [1.807, 2.05) is 36.5 Å². The van der Waals surface area contributed by atoms with Gasteiger partial charge in [-0.1, -0.05) is 50.6 Å². The lowest BCUT2D eigenvalue weighted by Crippen LogP contribution is -2.08. The summed E-state index contributed by atoms with van der Waals surface area (Å²) in [7, 11) is 0. The third kappa shape index (κ3) is 7.77. The van der Waals surface area contributed by atoms with Crippen molar-refractivity contribution in [3.05, 3.63) is 73.0 Å². The lowest BCUT2D eigenvalue weighted by Gasteiger charge is -2.11. The zero-order valence-electron chi connectivity index (χ0n) is 20.3. The first kappa shape index (κ1) is 25.6. The van der Waals surface area contributed by atoms with Gasteiger partial charge in [-0.2, -0.15) is 0 Å². The molecule has 2 aromatic carbocycles. The van der Waals surface area contributed by atoms with Crippen LogP contribution in [0.3, 0.4) is 0 Å². The number of hydrogen-bond donors (Lipinski definition) is 0. The number of halogens is 1. The van der Waals surface area contributed by atoms with Gasteiger partial charge >= 0.3 is 0 Å². The van der Waals surface area contributed by atoms with E-state index in [1.54, 1.807) is 12.1 Å². The summed E-state index contributed by atoms with van der Waals surface area (Å²) in [5.41, 5.74) is 2.54. The van der Waals surface area contributed by atoms with Crippen molar-refractivity contribution in [1.82, 2.24) is 9.97 Å². The van der Waals surface area contributed by atoms with Crippen molar-refractivity contribution in [3.63, 3.8) is 0 Å². The van der Waals surface area contributed by atoms with E-state index in [0.717, 1.165) is 54.3 Å². The van der Waals surface area contributed by atoms with Crippen molar-refractivity contribution in [2.75, 3.05) is 13.2 Å². The summed E-state index contributed by atoms with van der Waals surface area (Å²) >= 11 is 0. The molecule has 0 aliphatic heterocycles. The summed E-state index contributed by atoms with van der Waals surface area (Å²) in [6, 6.07) is 10.8. The quantitative estimate of drug-likeness (QED) is 0.181. The second-order valence-electron chi connectivity index (χ2n) is 8.47. The average molecular weight is 463 g/mol. The zero-order valence-corrected chi connectivity index (χ0v) is 20.3. The molecule has 180 valence electrons. The molecule has 0 aliphatic carbocycles. The molecule has 0 fully saturated rings. The lowest BCUT2D eigenvalue weighted by molar-refractivity contribution is 0.0566. The number of hydrogen-bond acceptors (Lipinski definition) is 4. The topological polar surface area (TPSA) is 44.2 Å². The fourth-order valence-electron chi connectivity index (χ4n) is 3.69. The molecule has 0 saturated heterocycles. The van der Waals surface area contributed by atoms with Crippen molar-refractivity contribution >= 4 is 17.0 Å². The average Bonchev–Trinajstić information content (AvgIpc) is 2.85. The molecular weight excluding hydrogens is 427 g/mol. The molecule has 0 saturated carbocycles. The van der Waals surface area contributed by atoms with Crippen LogP contribution in [-0.2, 0) is 4.74 Å². The second-order valence-corrected chi connectivity index (χ2v) is 8.47. The molecular formula is C29H35FN2O2. The zero-order chi connectivity index (χ0) is 24.2. The summed E-state index contributed by atoms with van der Waals surface area (Å²) in [5, 5.41) is 0.913. The van der Waals surface area contributed by atoms with Crippen LogP contribution in [0.4, 0.5) is 4.39 Å². The standard InChI is InChI=1S/C29H35FN2O2/c1-4-6-10-18-33-22(3)11-8-7-9-12-29-31-21-25-19-23(13-15-27(25)32-29)24-14-16-28(26(30)20-24)34-17-5-2/h5,9,12-16,19-22H,2,4,6-8,10-11,17-18H2,1,3H3/b12-9+. The summed E-state index contributed by atoms with van der Waals surface area (Å²) < 4.78 is 25.5. The van der Waals surface area contributed by atoms with Gasteiger partial charge in [0.1, 0.15) is 6.61 Å². The van der Waals surface area contributed by atoms with E-state index in [4.69, 9.17) is 9.47 Å². The minimum Gasteiger partial charge on any atom is -0.486 e. The number of fused-ring (bicyclic) bond motifs is 1. The predicted molar refractivity (Wildman–Crippen MR) is 138 cm³/mol. The first-order valence-electron chi connectivity index (χ1n) is 12.2. The molecule has 5 heteroatoms. The van der Waals surface area contributed by atoms with Crippen LogP contribution < -0.4 is 4.74 Å². The van der Waals surface area contributed by atoms with Crippen LogP contribution in [0.15, 0.2) is 61.3 Å². The Kier molecular flexibility index (Phi) is 10.2. The molecule has 3 aromatic rings. The van der Waals surface area contributed by atoms with Gasteiger partial charge in [0.05, 0.1) is 11.6 Å². The number of aromatic nitrogens is 2. The highest BCUT2D eigenvalue weighted by Gasteiger charge is 2.08. The van der Waals surface area contributed by atoms with E-state index in [2.05, 4.69) is 36.5 Å². The highest BCUT2D eigenvalue weighted by molar-refractivity contribution is 5.84. The molecule has 0 amide bonds. The first-order chi connectivity index (χ1) is 16.6. The number of rotatable bonds is 14. The Labute approximate surface area is 202 Å². The van der Waals surface area contributed by atoms with E-state index in [0.29, 0.717) is 11.9 Å². The molecule has 34 heavy (non-hydrogen) atoms. The second kappa shape index (κ2) is 13.6. The van der Waals surface area contributed by atoms with Crippen LogP contribution in [0.1, 0.15) is 58.2 Å². The van der Waals surface area contributed by atoms with Gasteiger partial charge in [0.15, 0.2) is 17.4 Å². The summed E-state index contributed by atoms with van der Waals surface area (Å²) in [6.07, 6.45) is 14.5. The maximum atomic E-state index is 14.3. The minimum atomic E-state index is -0.395. The van der Waals surface area contributed by atoms with Crippen molar-refractivity contribution in [3.8, 4) is 16.9 Å². The smallest absolute Gasteiger partial charge is 0.165 e. The SMILES string of the molecule is C=CCOc1ccc(-c2ccc3nc(/C=C/CCCC(C)OCCCCC)ncc3c2)cc1F. The Bertz CT molecular complexity index is 1100. The number of nitrogens with zero attached hydrogens (tertiary/aromatic N) is 2. The first-order valence-corrected chi connectivity index (χ1v) is 12.2. The van der Waals surface area contributed by atoms with Gasteiger partial charge in [-0.25, -0.2) is 14.4 Å². The van der Waals surface area contributed by atoms with Gasteiger partial charge in [0.25, 0.3) is 0 Å². The van der Waals surface area contributed by atoms with E-state index in [-0.39, 0.29) is 12.4 Å². The maximum Gasteiger partial charge on any atom is 0.165 e. The number of ether oxygens (including phenoxy) is 2. The van der Waals surface area contributed by atoms with Crippen LogP contribution in [0, 0.1) is 5.82 Å². The van der Waals surface area contributed by atoms with Crippen LogP contribution in [0.2, 0.25) is 0 Å². The third-order valence-electron chi connectivity index (χ3n) is 5.62. The Hall–Kier alpha value is -3.05. The Balaban J connectivity index is 1.55. The molecule has 1 aromatic heterocycles. The number of allylic oxidation sites excluding steroid dienone is 1.